The van der Waals surface area contributed by atoms with Crippen LogP contribution in [0.5, 0.6) is 0 Å². The van der Waals surface area contributed by atoms with Gasteiger partial charge >= 0.3 is 0 Å². The summed E-state index contributed by atoms with van der Waals surface area (Å²) in [6, 6.07) is 7.54. The van der Waals surface area contributed by atoms with Crippen molar-refractivity contribution in [1.82, 2.24) is 0 Å². The van der Waals surface area contributed by atoms with Gasteiger partial charge in [0, 0.05) is 4.90 Å². The van der Waals surface area contributed by atoms with Gasteiger partial charge in [-0.25, -0.2) is 0 Å². The van der Waals surface area contributed by atoms with E-state index in [0.717, 1.165) is 16.1 Å². The Kier molecular flexibility index (Phi) is 2.97. The zero-order valence-corrected chi connectivity index (χ0v) is 7.31. The molecule has 0 atom stereocenters. The van der Waals surface area contributed by atoms with E-state index in [1.165, 1.54) is 0 Å². The molecule has 0 unspecified atom stereocenters. The second kappa shape index (κ2) is 4.00. The van der Waals surface area contributed by atoms with Crippen LogP contribution in [0.15, 0.2) is 23.1 Å². The van der Waals surface area contributed by atoms with E-state index < -0.39 is 0 Å². The predicted octanol–water partition coefficient (Wildman–Crippen LogP) is 1.33. The lowest BCUT2D eigenvalue weighted by atomic mass is 10.1. The van der Waals surface area contributed by atoms with Gasteiger partial charge in [-0.05, 0) is 17.7 Å². The van der Waals surface area contributed by atoms with Gasteiger partial charge in [-0.15, -0.1) is 12.6 Å². The lowest BCUT2D eigenvalue weighted by Crippen LogP contribution is -2.07. The van der Waals surface area contributed by atoms with E-state index in [1.807, 2.05) is 18.2 Å². The van der Waals surface area contributed by atoms with Gasteiger partial charge < -0.3 is 5.43 Å². The van der Waals surface area contributed by atoms with E-state index in [9.17, 15) is 0 Å². The molecular formula is C8H9N3S. The lowest BCUT2D eigenvalue weighted by Gasteiger charge is -2.04. The van der Waals surface area contributed by atoms with Gasteiger partial charge in [0.15, 0.2) is 0 Å². The monoisotopic (exact) mass is 179 g/mol. The van der Waals surface area contributed by atoms with Crippen LogP contribution in [-0.2, 0) is 6.42 Å². The van der Waals surface area contributed by atoms with E-state index in [4.69, 9.17) is 11.1 Å². The molecule has 0 bridgehead atoms. The topological polar surface area (TPSA) is 61.8 Å². The zero-order valence-electron chi connectivity index (χ0n) is 6.41. The lowest BCUT2D eigenvalue weighted by molar-refractivity contribution is 1.22. The number of nitrogens with zero attached hydrogens (tertiary/aromatic N) is 1. The van der Waals surface area contributed by atoms with Gasteiger partial charge in [0.2, 0.25) is 0 Å². The molecule has 12 heavy (non-hydrogen) atoms. The molecule has 0 radical (unpaired) electrons. The smallest absolute Gasteiger partial charge is 0.0669 e. The first-order valence-electron chi connectivity index (χ1n) is 3.43. The number of nitrogens with two attached hydrogens (primary N) is 1. The summed E-state index contributed by atoms with van der Waals surface area (Å²) in [6.07, 6.45) is 0.392. The Bertz CT molecular complexity index is 317. The maximum absolute atomic E-state index is 8.43. The average Bonchev–Trinajstić information content (AvgIpc) is 2.09. The Morgan fingerprint density at radius 1 is 1.58 bits per heavy atom. The molecule has 0 fully saturated rings. The summed E-state index contributed by atoms with van der Waals surface area (Å²) < 4.78 is 0. The van der Waals surface area contributed by atoms with Crippen molar-refractivity contribution in [2.75, 3.05) is 5.43 Å². The molecule has 0 aliphatic carbocycles. The molecular weight excluding hydrogens is 170 g/mol. The van der Waals surface area contributed by atoms with E-state index in [0.29, 0.717) is 6.42 Å². The molecule has 0 saturated heterocycles. The quantitative estimate of drug-likeness (QED) is 0.364. The van der Waals surface area contributed by atoms with Crippen LogP contribution in [0.4, 0.5) is 5.69 Å². The third-order valence-corrected chi connectivity index (χ3v) is 1.89. The van der Waals surface area contributed by atoms with Crippen LogP contribution in [0.1, 0.15) is 5.56 Å². The Balaban J connectivity index is 2.98. The van der Waals surface area contributed by atoms with Crippen LogP contribution in [0.25, 0.3) is 0 Å². The zero-order chi connectivity index (χ0) is 8.97. The van der Waals surface area contributed by atoms with Gasteiger partial charge in [-0.1, -0.05) is 6.07 Å². The SMILES string of the molecule is N#CCc1ccc(S)c(NN)c1. The van der Waals surface area contributed by atoms with Crippen LogP contribution < -0.4 is 11.3 Å². The number of benzene rings is 1. The number of hydrogen-bond donors (Lipinski definition) is 3. The number of nitriles is 1. The van der Waals surface area contributed by atoms with E-state index in [2.05, 4.69) is 24.1 Å². The van der Waals surface area contributed by atoms with Crippen molar-refractivity contribution in [3.63, 3.8) is 0 Å². The summed E-state index contributed by atoms with van der Waals surface area (Å²) in [6.45, 7) is 0. The van der Waals surface area contributed by atoms with Crippen molar-refractivity contribution in [2.45, 2.75) is 11.3 Å². The highest BCUT2D eigenvalue weighted by molar-refractivity contribution is 7.80. The number of nitrogen functional groups attached to an aromatic ring is 1. The predicted molar refractivity (Wildman–Crippen MR) is 50.8 cm³/mol. The minimum absolute atomic E-state index is 0.392. The Morgan fingerprint density at radius 2 is 2.33 bits per heavy atom. The van der Waals surface area contributed by atoms with Crippen molar-refractivity contribution >= 4 is 18.3 Å². The summed E-state index contributed by atoms with van der Waals surface area (Å²) in [5, 5.41) is 8.43. The summed E-state index contributed by atoms with van der Waals surface area (Å²) in [5.41, 5.74) is 4.18. The van der Waals surface area contributed by atoms with Crippen LogP contribution >= 0.6 is 12.6 Å². The number of hydrogen-bond acceptors (Lipinski definition) is 4. The third-order valence-electron chi connectivity index (χ3n) is 1.50. The van der Waals surface area contributed by atoms with Gasteiger partial charge in [0.25, 0.3) is 0 Å². The number of anilines is 1. The molecule has 62 valence electrons. The number of nitrogens with one attached hydrogen (secondary N) is 1. The Hall–Kier alpha value is -1.18. The van der Waals surface area contributed by atoms with Crippen molar-refractivity contribution in [3.05, 3.63) is 23.8 Å². The normalized spacial score (nSPS) is 9.08. The molecule has 1 rings (SSSR count). The van der Waals surface area contributed by atoms with Crippen LogP contribution in [0.3, 0.4) is 0 Å². The molecule has 0 aromatic heterocycles. The summed E-state index contributed by atoms with van der Waals surface area (Å²) in [7, 11) is 0. The highest BCUT2D eigenvalue weighted by atomic mass is 32.1. The van der Waals surface area contributed by atoms with Gasteiger partial charge in [0.05, 0.1) is 18.2 Å². The maximum Gasteiger partial charge on any atom is 0.0669 e. The van der Waals surface area contributed by atoms with Crippen molar-refractivity contribution in [3.8, 4) is 6.07 Å². The van der Waals surface area contributed by atoms with Crippen LogP contribution in [0.2, 0.25) is 0 Å². The van der Waals surface area contributed by atoms with Crippen molar-refractivity contribution in [2.24, 2.45) is 5.84 Å². The largest absolute Gasteiger partial charge is 0.323 e. The van der Waals surface area contributed by atoms with Gasteiger partial charge in [0.1, 0.15) is 0 Å². The second-order valence-corrected chi connectivity index (χ2v) is 2.81. The molecule has 0 amide bonds. The first-order chi connectivity index (χ1) is 5.77. The summed E-state index contributed by atoms with van der Waals surface area (Å²) >= 11 is 4.17. The van der Waals surface area contributed by atoms with Crippen LogP contribution in [0, 0.1) is 11.3 Å². The second-order valence-electron chi connectivity index (χ2n) is 2.33. The molecule has 3 N–H and O–H groups in total. The fourth-order valence-corrected chi connectivity index (χ4v) is 1.10. The summed E-state index contributed by atoms with van der Waals surface area (Å²) in [5.74, 6) is 5.23. The van der Waals surface area contributed by atoms with Crippen LogP contribution in [-0.4, -0.2) is 0 Å². The van der Waals surface area contributed by atoms with E-state index in [-0.39, 0.29) is 0 Å². The molecule has 0 aliphatic rings. The Morgan fingerprint density at radius 3 is 2.92 bits per heavy atom. The fraction of sp³-hybridized carbons (Fsp3) is 0.125. The van der Waals surface area contributed by atoms with Crippen molar-refractivity contribution in [1.29, 1.82) is 5.26 Å². The highest BCUT2D eigenvalue weighted by Gasteiger charge is 1.98. The maximum atomic E-state index is 8.43. The molecule has 1 aromatic rings. The molecule has 0 aliphatic heterocycles. The number of thiol groups is 1. The first-order valence-corrected chi connectivity index (χ1v) is 3.88. The number of hydrazine groups is 1. The first kappa shape index (κ1) is 8.91. The molecule has 0 heterocycles. The number of rotatable bonds is 2. The third kappa shape index (κ3) is 1.91. The molecule has 3 nitrogen and oxygen atoms in total. The fourth-order valence-electron chi connectivity index (χ4n) is 0.900. The van der Waals surface area contributed by atoms with Gasteiger partial charge in [-0.2, -0.15) is 5.26 Å². The molecule has 0 spiro atoms. The molecule has 1 aromatic carbocycles. The minimum atomic E-state index is 0.392. The van der Waals surface area contributed by atoms with Gasteiger partial charge in [-0.3, -0.25) is 5.84 Å². The van der Waals surface area contributed by atoms with E-state index >= 15 is 0 Å². The summed E-state index contributed by atoms with van der Waals surface area (Å²) in [4.78, 5) is 0.777. The van der Waals surface area contributed by atoms with Crippen molar-refractivity contribution < 1.29 is 0 Å². The van der Waals surface area contributed by atoms with E-state index in [1.54, 1.807) is 0 Å². The molecule has 0 saturated carbocycles. The average molecular weight is 179 g/mol. The standard InChI is InChI=1S/C8H9N3S/c9-4-3-6-1-2-8(12)7(5-6)11-10/h1-2,5,11-12H,3,10H2. The Labute approximate surface area is 76.6 Å². The highest BCUT2D eigenvalue weighted by Crippen LogP contribution is 2.20. The minimum Gasteiger partial charge on any atom is -0.323 e. The molecule has 4 heteroatoms.